The van der Waals surface area contributed by atoms with Crippen LogP contribution in [0.3, 0.4) is 0 Å². The van der Waals surface area contributed by atoms with Gasteiger partial charge in [-0.15, -0.1) is 0 Å². The number of methoxy groups -OCH3 is 1. The van der Waals surface area contributed by atoms with E-state index in [2.05, 4.69) is 0 Å². The van der Waals surface area contributed by atoms with E-state index in [9.17, 15) is 14.7 Å². The van der Waals surface area contributed by atoms with E-state index in [1.165, 1.54) is 17.2 Å². The lowest BCUT2D eigenvalue weighted by Gasteiger charge is -2.27. The molecule has 1 N–H and O–H groups in total. The molecule has 1 aromatic heterocycles. The van der Waals surface area contributed by atoms with Crippen molar-refractivity contribution in [2.75, 3.05) is 26.9 Å². The third-order valence-electron chi connectivity index (χ3n) is 5.86. The van der Waals surface area contributed by atoms with Crippen molar-refractivity contribution in [3.8, 4) is 11.5 Å². The lowest BCUT2D eigenvalue weighted by Crippen LogP contribution is -2.32. The van der Waals surface area contributed by atoms with Crippen molar-refractivity contribution in [2.45, 2.75) is 26.0 Å². The van der Waals surface area contributed by atoms with E-state index < -0.39 is 23.5 Å². The Morgan fingerprint density at radius 3 is 2.56 bits per heavy atom. The number of rotatable bonds is 12. The van der Waals surface area contributed by atoms with Crippen LogP contribution < -0.4 is 9.47 Å². The average Bonchev–Trinajstić information content (AvgIpc) is 3.52. The third kappa shape index (κ3) is 5.28. The molecule has 2 aromatic carbocycles. The molecular weight excluding hydrogens is 462 g/mol. The Hall–Kier alpha value is -4.04. The number of carbonyl (C=O) groups is 2. The van der Waals surface area contributed by atoms with Gasteiger partial charge in [-0.05, 0) is 48.7 Å². The van der Waals surface area contributed by atoms with Gasteiger partial charge in [-0.2, -0.15) is 0 Å². The molecule has 0 radical (unpaired) electrons. The summed E-state index contributed by atoms with van der Waals surface area (Å²) in [7, 11) is 1.58. The van der Waals surface area contributed by atoms with E-state index in [-0.39, 0.29) is 17.9 Å². The molecule has 0 spiro atoms. The summed E-state index contributed by atoms with van der Waals surface area (Å²) in [4.78, 5) is 27.8. The fraction of sp³-hybridized carbons (Fsp3) is 0.286. The number of ketones is 1. The zero-order valence-corrected chi connectivity index (χ0v) is 20.3. The van der Waals surface area contributed by atoms with E-state index in [0.29, 0.717) is 43.3 Å². The van der Waals surface area contributed by atoms with Gasteiger partial charge in [0, 0.05) is 20.3 Å². The molecule has 1 amide bonds. The van der Waals surface area contributed by atoms with Gasteiger partial charge in [-0.25, -0.2) is 0 Å². The summed E-state index contributed by atoms with van der Waals surface area (Å²) in [5.41, 5.74) is 1.58. The van der Waals surface area contributed by atoms with Crippen molar-refractivity contribution < 1.29 is 33.3 Å². The summed E-state index contributed by atoms with van der Waals surface area (Å²) in [5.74, 6) is -0.693. The molecule has 0 aliphatic carbocycles. The molecule has 2 heterocycles. The minimum Gasteiger partial charge on any atom is -0.503 e. The van der Waals surface area contributed by atoms with Crippen molar-refractivity contribution in [1.29, 1.82) is 0 Å². The van der Waals surface area contributed by atoms with Gasteiger partial charge in [0.25, 0.3) is 5.91 Å². The Balaban J connectivity index is 1.70. The van der Waals surface area contributed by atoms with Crippen molar-refractivity contribution in [2.24, 2.45) is 0 Å². The smallest absolute Gasteiger partial charge is 0.290 e. The van der Waals surface area contributed by atoms with Crippen molar-refractivity contribution in [1.82, 2.24) is 4.90 Å². The number of furan rings is 1. The molecule has 3 aromatic rings. The molecule has 0 bridgehead atoms. The van der Waals surface area contributed by atoms with E-state index in [1.807, 2.05) is 37.3 Å². The van der Waals surface area contributed by atoms with Crippen LogP contribution in [0.5, 0.6) is 11.5 Å². The number of ether oxygens (including phenoxy) is 3. The maximum absolute atomic E-state index is 13.3. The van der Waals surface area contributed by atoms with Crippen LogP contribution in [0.25, 0.3) is 0 Å². The Morgan fingerprint density at radius 2 is 1.86 bits per heavy atom. The summed E-state index contributed by atoms with van der Waals surface area (Å²) in [6.07, 6.45) is 1.91. The molecule has 0 saturated carbocycles. The van der Waals surface area contributed by atoms with E-state index >= 15 is 0 Å². The highest BCUT2D eigenvalue weighted by Gasteiger charge is 2.44. The van der Waals surface area contributed by atoms with Crippen LogP contribution in [0.15, 0.2) is 82.7 Å². The van der Waals surface area contributed by atoms with E-state index in [4.69, 9.17) is 18.6 Å². The Labute approximate surface area is 209 Å². The van der Waals surface area contributed by atoms with Gasteiger partial charge in [0.15, 0.2) is 23.0 Å². The van der Waals surface area contributed by atoms with Crippen LogP contribution in [0.1, 0.15) is 41.1 Å². The Bertz CT molecular complexity index is 1220. The number of carbonyl (C=O) groups excluding carboxylic acids is 2. The Kier molecular flexibility index (Phi) is 8.07. The molecule has 1 atom stereocenters. The van der Waals surface area contributed by atoms with Crippen LogP contribution in [0, 0.1) is 0 Å². The lowest BCUT2D eigenvalue weighted by atomic mass is 9.94. The third-order valence-corrected chi connectivity index (χ3v) is 5.86. The number of hydrogen-bond acceptors (Lipinski definition) is 7. The fourth-order valence-corrected chi connectivity index (χ4v) is 4.20. The van der Waals surface area contributed by atoms with Crippen LogP contribution >= 0.6 is 0 Å². The summed E-state index contributed by atoms with van der Waals surface area (Å²) in [6.45, 7) is 3.32. The first-order valence-corrected chi connectivity index (χ1v) is 11.8. The van der Waals surface area contributed by atoms with E-state index in [0.717, 1.165) is 5.56 Å². The lowest BCUT2D eigenvalue weighted by molar-refractivity contribution is -0.129. The fourth-order valence-electron chi connectivity index (χ4n) is 4.20. The Morgan fingerprint density at radius 1 is 1.06 bits per heavy atom. The van der Waals surface area contributed by atoms with Gasteiger partial charge < -0.3 is 28.6 Å². The van der Waals surface area contributed by atoms with Crippen molar-refractivity contribution in [3.05, 3.63) is 95.1 Å². The van der Waals surface area contributed by atoms with Gasteiger partial charge in [0.05, 0.1) is 24.5 Å². The summed E-state index contributed by atoms with van der Waals surface area (Å²) in [5, 5.41) is 10.8. The average molecular weight is 492 g/mol. The SMILES string of the molecule is CCOc1cc(C2C(C(=O)c3ccco3)=C(O)C(=O)N2CCCOC)ccc1OCc1ccccc1. The van der Waals surface area contributed by atoms with Gasteiger partial charge >= 0.3 is 0 Å². The summed E-state index contributed by atoms with van der Waals surface area (Å²) < 4.78 is 22.3. The summed E-state index contributed by atoms with van der Waals surface area (Å²) >= 11 is 0. The van der Waals surface area contributed by atoms with Gasteiger partial charge in [0.1, 0.15) is 6.61 Å². The monoisotopic (exact) mass is 491 g/mol. The molecule has 36 heavy (non-hydrogen) atoms. The molecule has 8 nitrogen and oxygen atoms in total. The number of Topliss-reactive ketones (excluding diaryl/α,β-unsaturated/α-hetero) is 1. The van der Waals surface area contributed by atoms with Crippen molar-refractivity contribution >= 4 is 11.7 Å². The van der Waals surface area contributed by atoms with Crippen LogP contribution in [-0.4, -0.2) is 48.6 Å². The van der Waals surface area contributed by atoms with Gasteiger partial charge in [-0.3, -0.25) is 9.59 Å². The molecule has 1 aliphatic rings. The number of nitrogens with zero attached hydrogens (tertiary/aromatic N) is 1. The second kappa shape index (κ2) is 11.6. The normalized spacial score (nSPS) is 15.4. The minimum absolute atomic E-state index is 0.0345. The van der Waals surface area contributed by atoms with Crippen molar-refractivity contribution in [3.63, 3.8) is 0 Å². The highest BCUT2D eigenvalue weighted by molar-refractivity contribution is 6.15. The molecule has 0 saturated heterocycles. The molecular formula is C28H29NO7. The quantitative estimate of drug-likeness (QED) is 0.285. The van der Waals surface area contributed by atoms with Crippen LogP contribution in [-0.2, 0) is 16.1 Å². The number of benzene rings is 2. The standard InChI is InChI=1S/C28H29NO7/c1-3-34-23-17-20(12-13-21(23)36-18-19-9-5-4-6-10-19)25-24(26(30)22-11-7-16-35-22)27(31)28(32)29(25)14-8-15-33-2/h4-7,9-13,16-17,25,31H,3,8,14-15,18H2,1-2H3. The van der Waals surface area contributed by atoms with E-state index in [1.54, 1.807) is 31.4 Å². The molecule has 4 rings (SSSR count). The van der Waals surface area contributed by atoms with Crippen LogP contribution in [0.4, 0.5) is 0 Å². The number of aliphatic hydroxyl groups is 1. The minimum atomic E-state index is -0.825. The highest BCUT2D eigenvalue weighted by Crippen LogP contribution is 2.42. The topological polar surface area (TPSA) is 98.4 Å². The molecule has 1 unspecified atom stereocenters. The predicted molar refractivity (Wildman–Crippen MR) is 132 cm³/mol. The second-order valence-electron chi connectivity index (χ2n) is 8.23. The number of aliphatic hydroxyl groups excluding tert-OH is 1. The van der Waals surface area contributed by atoms with Gasteiger partial charge in [0.2, 0.25) is 5.78 Å². The van der Waals surface area contributed by atoms with Gasteiger partial charge in [-0.1, -0.05) is 36.4 Å². The number of amides is 1. The highest BCUT2D eigenvalue weighted by atomic mass is 16.5. The zero-order valence-electron chi connectivity index (χ0n) is 20.3. The maximum Gasteiger partial charge on any atom is 0.290 e. The maximum atomic E-state index is 13.3. The van der Waals surface area contributed by atoms with Crippen LogP contribution in [0.2, 0.25) is 0 Å². The molecule has 8 heteroatoms. The first-order chi connectivity index (χ1) is 17.5. The summed E-state index contributed by atoms with van der Waals surface area (Å²) in [6, 6.07) is 17.3. The molecule has 1 aliphatic heterocycles. The number of hydrogen-bond donors (Lipinski definition) is 1. The first kappa shape index (κ1) is 25.1. The predicted octanol–water partition coefficient (Wildman–Crippen LogP) is 4.87. The largest absolute Gasteiger partial charge is 0.503 e. The molecule has 188 valence electrons. The zero-order chi connectivity index (χ0) is 25.5. The first-order valence-electron chi connectivity index (χ1n) is 11.8. The second-order valence-corrected chi connectivity index (χ2v) is 8.23. The molecule has 0 fully saturated rings.